The number of carbonyl (C=O) groups is 2. The third kappa shape index (κ3) is 5.55. The molecule has 0 fully saturated rings. The summed E-state index contributed by atoms with van der Waals surface area (Å²) in [7, 11) is 0. The fourth-order valence-corrected chi connectivity index (χ4v) is 1.43. The van der Waals surface area contributed by atoms with Crippen molar-refractivity contribution in [3.05, 3.63) is 54.7 Å². The number of nitrogens with zero attached hydrogens (tertiary/aromatic N) is 1. The zero-order valence-corrected chi connectivity index (χ0v) is 13.8. The van der Waals surface area contributed by atoms with Crippen molar-refractivity contribution in [1.82, 2.24) is 4.98 Å². The Bertz CT molecular complexity index is 504. The van der Waals surface area contributed by atoms with E-state index in [1.807, 2.05) is 42.6 Å². The SMILES string of the molecule is CC(=O)[CH]([Ir])C(C)=O.c1ccc(-c2ccccn2)cc1. The Morgan fingerprint density at radius 2 is 1.50 bits per heavy atom. The van der Waals surface area contributed by atoms with Gasteiger partial charge in [-0.3, -0.25) is 4.98 Å². The van der Waals surface area contributed by atoms with Gasteiger partial charge in [-0.15, -0.1) is 0 Å². The van der Waals surface area contributed by atoms with Gasteiger partial charge in [-0.2, -0.15) is 0 Å². The first-order chi connectivity index (χ1) is 9.52. The van der Waals surface area contributed by atoms with Crippen molar-refractivity contribution >= 4 is 11.6 Å². The van der Waals surface area contributed by atoms with Crippen LogP contribution in [0.5, 0.6) is 0 Å². The number of pyridine rings is 1. The fourth-order valence-electron chi connectivity index (χ4n) is 1.43. The molecule has 0 aliphatic carbocycles. The topological polar surface area (TPSA) is 47.0 Å². The van der Waals surface area contributed by atoms with Gasteiger partial charge in [0, 0.05) is 11.8 Å². The molecule has 4 heteroatoms. The van der Waals surface area contributed by atoms with Crippen LogP contribution in [0.2, 0.25) is 4.43 Å². The van der Waals surface area contributed by atoms with E-state index in [-0.39, 0.29) is 11.6 Å². The van der Waals surface area contributed by atoms with Crippen LogP contribution in [-0.4, -0.2) is 16.6 Å². The van der Waals surface area contributed by atoms with E-state index < -0.39 is 4.43 Å². The molecule has 0 N–H and O–H groups in total. The quantitative estimate of drug-likeness (QED) is 0.680. The Balaban J connectivity index is 0.000000221. The normalized spacial score (nSPS) is 9.65. The Morgan fingerprint density at radius 1 is 0.950 bits per heavy atom. The summed E-state index contributed by atoms with van der Waals surface area (Å²) in [6, 6.07) is 16.1. The summed E-state index contributed by atoms with van der Waals surface area (Å²) in [5.41, 5.74) is 2.19. The number of Topliss-reactive ketones (excluding diaryl/α,β-unsaturated/α-hetero) is 2. The Labute approximate surface area is 129 Å². The van der Waals surface area contributed by atoms with Gasteiger partial charge in [0.25, 0.3) is 0 Å². The summed E-state index contributed by atoms with van der Waals surface area (Å²) in [4.78, 5) is 25.0. The van der Waals surface area contributed by atoms with Gasteiger partial charge >= 0.3 is 58.3 Å². The maximum absolute atomic E-state index is 10.4. The first kappa shape index (κ1) is 16.4. The molecule has 1 aromatic heterocycles. The van der Waals surface area contributed by atoms with Gasteiger partial charge in [0.1, 0.15) is 0 Å². The number of hydrogen-bond acceptors (Lipinski definition) is 3. The molecule has 1 aromatic carbocycles. The average Bonchev–Trinajstić information content (AvgIpc) is 2.48. The molecule has 0 bridgehead atoms. The van der Waals surface area contributed by atoms with Crippen LogP contribution >= 0.6 is 0 Å². The summed E-state index contributed by atoms with van der Waals surface area (Å²) in [6.45, 7) is 2.85. The van der Waals surface area contributed by atoms with Crippen molar-refractivity contribution in [3.63, 3.8) is 0 Å². The van der Waals surface area contributed by atoms with E-state index in [9.17, 15) is 9.59 Å². The minimum absolute atomic E-state index is 0.0579. The molecule has 20 heavy (non-hydrogen) atoms. The van der Waals surface area contributed by atoms with Crippen LogP contribution in [-0.2, 0) is 28.5 Å². The van der Waals surface area contributed by atoms with Crippen LogP contribution in [0, 0.1) is 0 Å². The van der Waals surface area contributed by atoms with Gasteiger partial charge in [-0.1, -0.05) is 36.4 Å². The first-order valence-corrected chi connectivity index (χ1v) is 7.49. The minimum atomic E-state index is -0.407. The van der Waals surface area contributed by atoms with E-state index in [1.54, 1.807) is 18.9 Å². The summed E-state index contributed by atoms with van der Waals surface area (Å²) < 4.78 is -0.407. The number of carbonyl (C=O) groups excluding carboxylic acids is 2. The number of hydrogen-bond donors (Lipinski definition) is 0. The second-order valence-electron chi connectivity index (χ2n) is 4.14. The Hall–Kier alpha value is -1.64. The van der Waals surface area contributed by atoms with Crippen molar-refractivity contribution in [2.24, 2.45) is 0 Å². The molecule has 0 radical (unpaired) electrons. The van der Waals surface area contributed by atoms with Crippen molar-refractivity contribution in [3.8, 4) is 11.3 Å². The van der Waals surface area contributed by atoms with Crippen molar-refractivity contribution in [2.75, 3.05) is 0 Å². The third-order valence-corrected chi connectivity index (χ3v) is 4.36. The molecule has 0 atom stereocenters. The maximum atomic E-state index is 10.4. The number of benzene rings is 1. The third-order valence-electron chi connectivity index (χ3n) is 2.41. The minimum Gasteiger partial charge on any atom is -0.256 e. The molecule has 3 nitrogen and oxygen atoms in total. The smallest absolute Gasteiger partial charge is 0.0701 e. The maximum Gasteiger partial charge on any atom is 0.0701 e. The summed E-state index contributed by atoms with van der Waals surface area (Å²) >= 11 is 1.62. The monoisotopic (exact) mass is 447 g/mol. The number of aromatic nitrogens is 1. The molecule has 0 saturated carbocycles. The Kier molecular flexibility index (Phi) is 6.99. The van der Waals surface area contributed by atoms with Gasteiger partial charge in [0.15, 0.2) is 0 Å². The fraction of sp³-hybridized carbons (Fsp3) is 0.188. The molecule has 2 aromatic rings. The standard InChI is InChI=1S/C11H9N.C5H7O2.Ir/c1-2-6-10(7-3-1)11-8-4-5-9-12-11;1-4(6)3-5(2)7;/h1-9H;3H,1-2H3;. The van der Waals surface area contributed by atoms with Crippen LogP contribution in [0.1, 0.15) is 13.8 Å². The number of rotatable bonds is 3. The van der Waals surface area contributed by atoms with Crippen LogP contribution in [0.4, 0.5) is 0 Å². The summed E-state index contributed by atoms with van der Waals surface area (Å²) in [5, 5.41) is 0. The van der Waals surface area contributed by atoms with Crippen molar-refractivity contribution in [2.45, 2.75) is 18.3 Å². The second-order valence-corrected chi connectivity index (χ2v) is 5.52. The molecular weight excluding hydrogens is 430 g/mol. The van der Waals surface area contributed by atoms with Crippen LogP contribution in [0.15, 0.2) is 54.7 Å². The van der Waals surface area contributed by atoms with Crippen molar-refractivity contribution in [1.29, 1.82) is 0 Å². The van der Waals surface area contributed by atoms with Gasteiger partial charge in [-0.05, 0) is 12.1 Å². The summed E-state index contributed by atoms with van der Waals surface area (Å²) in [5.74, 6) is -0.116. The first-order valence-electron chi connectivity index (χ1n) is 6.11. The van der Waals surface area contributed by atoms with E-state index in [2.05, 4.69) is 17.1 Å². The van der Waals surface area contributed by atoms with E-state index in [4.69, 9.17) is 0 Å². The molecule has 106 valence electrons. The molecule has 0 spiro atoms. The largest absolute Gasteiger partial charge is 0.256 e. The zero-order valence-electron chi connectivity index (χ0n) is 11.4. The average molecular weight is 447 g/mol. The molecule has 0 saturated heterocycles. The van der Waals surface area contributed by atoms with Crippen molar-refractivity contribution < 1.29 is 28.5 Å². The number of ketones is 2. The van der Waals surface area contributed by atoms with Gasteiger partial charge in [-0.25, -0.2) is 0 Å². The van der Waals surface area contributed by atoms with Crippen LogP contribution in [0.3, 0.4) is 0 Å². The summed E-state index contributed by atoms with van der Waals surface area (Å²) in [6.07, 6.45) is 1.81. The zero-order chi connectivity index (χ0) is 15.0. The second kappa shape index (κ2) is 8.51. The molecule has 0 unspecified atom stereocenters. The molecule has 0 aliphatic rings. The van der Waals surface area contributed by atoms with Gasteiger partial charge < -0.3 is 0 Å². The van der Waals surface area contributed by atoms with E-state index >= 15 is 0 Å². The van der Waals surface area contributed by atoms with Gasteiger partial charge in [0.05, 0.1) is 5.69 Å². The molecular formula is C16H16IrNO2. The van der Waals surface area contributed by atoms with E-state index in [0.717, 1.165) is 11.3 Å². The van der Waals surface area contributed by atoms with E-state index in [1.165, 1.54) is 13.8 Å². The molecule has 2 rings (SSSR count). The predicted octanol–water partition coefficient (Wildman–Crippen LogP) is 3.25. The molecule has 0 aliphatic heterocycles. The molecule has 0 amide bonds. The van der Waals surface area contributed by atoms with Gasteiger partial charge in [0.2, 0.25) is 0 Å². The Morgan fingerprint density at radius 3 is 1.90 bits per heavy atom. The van der Waals surface area contributed by atoms with Crippen LogP contribution in [0.25, 0.3) is 11.3 Å². The van der Waals surface area contributed by atoms with E-state index in [0.29, 0.717) is 0 Å². The molecule has 1 heterocycles. The van der Waals surface area contributed by atoms with Crippen LogP contribution < -0.4 is 0 Å². The predicted molar refractivity (Wildman–Crippen MR) is 74.8 cm³/mol.